The van der Waals surface area contributed by atoms with Crippen LogP contribution in [0.2, 0.25) is 0 Å². The number of carbonyl (C=O) groups excluding carboxylic acids is 2. The van der Waals surface area contributed by atoms with E-state index in [0.717, 1.165) is 25.1 Å². The molecule has 0 bridgehead atoms. The van der Waals surface area contributed by atoms with Gasteiger partial charge in [0.05, 0.1) is 5.75 Å². The summed E-state index contributed by atoms with van der Waals surface area (Å²) >= 11 is 1.69. The van der Waals surface area contributed by atoms with Gasteiger partial charge in [-0.15, -0.1) is 11.8 Å². The topological polar surface area (TPSA) is 40.6 Å². The molecule has 0 unspecified atom stereocenters. The highest BCUT2D eigenvalue weighted by Crippen LogP contribution is 2.40. The van der Waals surface area contributed by atoms with Gasteiger partial charge in [0, 0.05) is 38.9 Å². The first-order valence-electron chi connectivity index (χ1n) is 9.48. The van der Waals surface area contributed by atoms with Crippen molar-refractivity contribution in [3.63, 3.8) is 0 Å². The SMILES string of the molecule is Cc1cc(C)cc(CSCC(=O)N(C)[C@@H]2C[C@@H]3CC(=O)N(C)C[C@@H]3C2)c1. The third-order valence-electron chi connectivity index (χ3n) is 5.90. The van der Waals surface area contributed by atoms with Crippen molar-refractivity contribution in [3.05, 3.63) is 34.9 Å². The average molecular weight is 375 g/mol. The summed E-state index contributed by atoms with van der Waals surface area (Å²) in [6.07, 6.45) is 2.67. The van der Waals surface area contributed by atoms with E-state index in [2.05, 4.69) is 32.0 Å². The number of likely N-dealkylation sites (tertiary alicyclic amines) is 1. The Labute approximate surface area is 161 Å². The molecule has 26 heavy (non-hydrogen) atoms. The molecule has 0 spiro atoms. The number of hydrogen-bond acceptors (Lipinski definition) is 3. The van der Waals surface area contributed by atoms with Crippen LogP contribution in [0.1, 0.15) is 36.0 Å². The molecule has 2 fully saturated rings. The van der Waals surface area contributed by atoms with Crippen LogP contribution in [0, 0.1) is 25.7 Å². The summed E-state index contributed by atoms with van der Waals surface area (Å²) in [7, 11) is 3.83. The molecule has 0 N–H and O–H groups in total. The highest BCUT2D eigenvalue weighted by molar-refractivity contribution is 7.99. The Kier molecular flexibility index (Phi) is 5.96. The van der Waals surface area contributed by atoms with E-state index >= 15 is 0 Å². The van der Waals surface area contributed by atoms with E-state index in [4.69, 9.17) is 0 Å². The van der Waals surface area contributed by atoms with Crippen LogP contribution < -0.4 is 0 Å². The molecule has 2 amide bonds. The molecule has 1 saturated carbocycles. The van der Waals surface area contributed by atoms with Crippen LogP contribution in [0.25, 0.3) is 0 Å². The lowest BCUT2D eigenvalue weighted by Gasteiger charge is -2.31. The van der Waals surface area contributed by atoms with Crippen molar-refractivity contribution in [2.24, 2.45) is 11.8 Å². The number of fused-ring (bicyclic) bond motifs is 1. The summed E-state index contributed by atoms with van der Waals surface area (Å²) in [4.78, 5) is 28.3. The third-order valence-corrected chi connectivity index (χ3v) is 6.89. The molecule has 0 radical (unpaired) electrons. The Morgan fingerprint density at radius 2 is 1.85 bits per heavy atom. The number of aryl methyl sites for hydroxylation is 2. The maximum atomic E-state index is 12.6. The summed E-state index contributed by atoms with van der Waals surface area (Å²) < 4.78 is 0. The number of thioether (sulfide) groups is 1. The Morgan fingerprint density at radius 3 is 2.54 bits per heavy atom. The molecule has 1 saturated heterocycles. The Balaban J connectivity index is 1.48. The summed E-state index contributed by atoms with van der Waals surface area (Å²) in [5.74, 6) is 2.88. The van der Waals surface area contributed by atoms with Crippen molar-refractivity contribution < 1.29 is 9.59 Å². The lowest BCUT2D eigenvalue weighted by molar-refractivity contribution is -0.135. The van der Waals surface area contributed by atoms with Gasteiger partial charge >= 0.3 is 0 Å². The molecular formula is C21H30N2O2S. The van der Waals surface area contributed by atoms with Gasteiger partial charge < -0.3 is 9.80 Å². The van der Waals surface area contributed by atoms with Gasteiger partial charge in [-0.05, 0) is 44.1 Å². The highest BCUT2D eigenvalue weighted by atomic mass is 32.2. The van der Waals surface area contributed by atoms with Gasteiger partial charge in [-0.1, -0.05) is 29.3 Å². The van der Waals surface area contributed by atoms with Gasteiger partial charge in [0.25, 0.3) is 0 Å². The number of benzene rings is 1. The number of amides is 2. The average Bonchev–Trinajstić information content (AvgIpc) is 2.96. The van der Waals surface area contributed by atoms with Crippen LogP contribution in [-0.2, 0) is 15.3 Å². The standard InChI is InChI=1S/C21H30N2O2S/c1-14-5-15(2)7-16(6-14)12-26-13-21(25)23(4)19-8-17-10-20(24)22(3)11-18(17)9-19/h5-7,17-19H,8-13H2,1-4H3/t17-,18+,19-/m1/s1. The fourth-order valence-electron chi connectivity index (χ4n) is 4.52. The summed E-state index contributed by atoms with van der Waals surface area (Å²) in [5.41, 5.74) is 3.84. The number of nitrogens with zero attached hydrogens (tertiary/aromatic N) is 2. The molecule has 1 heterocycles. The zero-order chi connectivity index (χ0) is 18.8. The lowest BCUT2D eigenvalue weighted by Crippen LogP contribution is -2.40. The largest absolute Gasteiger partial charge is 0.345 e. The molecule has 1 aliphatic heterocycles. The van der Waals surface area contributed by atoms with Gasteiger partial charge in [-0.3, -0.25) is 9.59 Å². The Bertz CT molecular complexity index is 670. The van der Waals surface area contributed by atoms with Gasteiger partial charge in [0.2, 0.25) is 11.8 Å². The van der Waals surface area contributed by atoms with Crippen LogP contribution in [0.15, 0.2) is 18.2 Å². The van der Waals surface area contributed by atoms with Crippen LogP contribution in [-0.4, -0.2) is 54.0 Å². The quantitative estimate of drug-likeness (QED) is 0.794. The van der Waals surface area contributed by atoms with Crippen molar-refractivity contribution in [1.82, 2.24) is 9.80 Å². The second kappa shape index (κ2) is 8.03. The van der Waals surface area contributed by atoms with Crippen LogP contribution >= 0.6 is 11.8 Å². The second-order valence-electron chi connectivity index (χ2n) is 8.12. The molecule has 5 heteroatoms. The minimum absolute atomic E-state index is 0.211. The normalized spacial score (nSPS) is 25.3. The first-order valence-corrected chi connectivity index (χ1v) is 10.6. The van der Waals surface area contributed by atoms with E-state index in [0.29, 0.717) is 30.1 Å². The number of piperidine rings is 1. The molecule has 142 valence electrons. The van der Waals surface area contributed by atoms with Crippen molar-refractivity contribution in [2.45, 2.75) is 44.9 Å². The molecule has 4 nitrogen and oxygen atoms in total. The minimum atomic E-state index is 0.211. The van der Waals surface area contributed by atoms with Gasteiger partial charge in [0.15, 0.2) is 0 Å². The van der Waals surface area contributed by atoms with E-state index < -0.39 is 0 Å². The predicted octanol–water partition coefficient (Wildman–Crippen LogP) is 3.25. The van der Waals surface area contributed by atoms with Crippen LogP contribution in [0.5, 0.6) is 0 Å². The fourth-order valence-corrected chi connectivity index (χ4v) is 5.40. The van der Waals surface area contributed by atoms with E-state index in [1.807, 2.05) is 23.9 Å². The first kappa shape index (κ1) is 19.3. The number of hydrogen-bond donors (Lipinski definition) is 0. The minimum Gasteiger partial charge on any atom is -0.345 e. The van der Waals surface area contributed by atoms with Gasteiger partial charge in [-0.2, -0.15) is 0 Å². The Hall–Kier alpha value is -1.49. The second-order valence-corrected chi connectivity index (χ2v) is 9.10. The summed E-state index contributed by atoms with van der Waals surface area (Å²) in [5, 5.41) is 0. The zero-order valence-electron chi connectivity index (χ0n) is 16.3. The molecule has 3 rings (SSSR count). The summed E-state index contributed by atoms with van der Waals surface area (Å²) in [6, 6.07) is 6.86. The molecule has 1 aromatic rings. The molecule has 2 aliphatic rings. The molecule has 1 aromatic carbocycles. The van der Waals surface area contributed by atoms with E-state index in [1.165, 1.54) is 16.7 Å². The fraction of sp³-hybridized carbons (Fsp3) is 0.619. The third kappa shape index (κ3) is 4.43. The number of carbonyl (C=O) groups is 2. The van der Waals surface area contributed by atoms with Crippen LogP contribution in [0.4, 0.5) is 0 Å². The van der Waals surface area contributed by atoms with Crippen molar-refractivity contribution in [3.8, 4) is 0 Å². The van der Waals surface area contributed by atoms with E-state index in [1.54, 1.807) is 11.8 Å². The molecule has 3 atom stereocenters. The van der Waals surface area contributed by atoms with Crippen molar-refractivity contribution in [1.29, 1.82) is 0 Å². The van der Waals surface area contributed by atoms with Gasteiger partial charge in [-0.25, -0.2) is 0 Å². The highest BCUT2D eigenvalue weighted by Gasteiger charge is 2.42. The number of rotatable bonds is 5. The zero-order valence-corrected chi connectivity index (χ0v) is 17.1. The Morgan fingerprint density at radius 1 is 1.19 bits per heavy atom. The maximum Gasteiger partial charge on any atom is 0.232 e. The van der Waals surface area contributed by atoms with Crippen molar-refractivity contribution in [2.75, 3.05) is 26.4 Å². The maximum absolute atomic E-state index is 12.6. The lowest BCUT2D eigenvalue weighted by atomic mass is 9.88. The first-order chi connectivity index (χ1) is 12.3. The van der Waals surface area contributed by atoms with E-state index in [9.17, 15) is 9.59 Å². The molecule has 1 aliphatic carbocycles. The van der Waals surface area contributed by atoms with Crippen molar-refractivity contribution >= 4 is 23.6 Å². The van der Waals surface area contributed by atoms with Crippen LogP contribution in [0.3, 0.4) is 0 Å². The summed E-state index contributed by atoms with van der Waals surface area (Å²) in [6.45, 7) is 5.08. The molecular weight excluding hydrogens is 344 g/mol. The smallest absolute Gasteiger partial charge is 0.232 e. The molecule has 0 aromatic heterocycles. The predicted molar refractivity (Wildman–Crippen MR) is 107 cm³/mol. The monoisotopic (exact) mass is 374 g/mol. The van der Waals surface area contributed by atoms with Gasteiger partial charge in [0.1, 0.15) is 0 Å². The van der Waals surface area contributed by atoms with E-state index in [-0.39, 0.29) is 11.8 Å².